The number of amides is 1. The zero-order chi connectivity index (χ0) is 17.9. The molecule has 1 aromatic rings. The summed E-state index contributed by atoms with van der Waals surface area (Å²) >= 11 is 0. The molecule has 1 saturated carbocycles. The Bertz CT molecular complexity index is 685. The van der Waals surface area contributed by atoms with Crippen molar-refractivity contribution >= 4 is 11.7 Å². The molecule has 0 radical (unpaired) electrons. The largest absolute Gasteiger partial charge is 0.356 e. The second kappa shape index (κ2) is 7.65. The van der Waals surface area contributed by atoms with E-state index >= 15 is 0 Å². The summed E-state index contributed by atoms with van der Waals surface area (Å²) in [5.74, 6) is 2.15. The van der Waals surface area contributed by atoms with Crippen LogP contribution in [-0.4, -0.2) is 41.5 Å². The van der Waals surface area contributed by atoms with Crippen LogP contribution in [0.15, 0.2) is 18.3 Å². The molecule has 0 N–H and O–H groups in total. The van der Waals surface area contributed by atoms with Gasteiger partial charge < -0.3 is 9.80 Å². The number of carbonyl (C=O) groups excluding carboxylic acids is 1. The Hall–Kier alpha value is -2.09. The van der Waals surface area contributed by atoms with Crippen molar-refractivity contribution in [3.63, 3.8) is 0 Å². The number of likely N-dealkylation sites (tertiary alicyclic amines) is 1. The summed E-state index contributed by atoms with van der Waals surface area (Å²) in [5, 5.41) is 9.33. The van der Waals surface area contributed by atoms with Crippen molar-refractivity contribution in [2.75, 3.05) is 24.5 Å². The van der Waals surface area contributed by atoms with Gasteiger partial charge in [0.25, 0.3) is 0 Å². The van der Waals surface area contributed by atoms with E-state index in [4.69, 9.17) is 0 Å². The van der Waals surface area contributed by atoms with E-state index in [0.29, 0.717) is 29.3 Å². The van der Waals surface area contributed by atoms with Gasteiger partial charge in [-0.2, -0.15) is 5.26 Å². The van der Waals surface area contributed by atoms with Crippen LogP contribution in [0.1, 0.15) is 56.9 Å². The lowest BCUT2D eigenvalue weighted by Crippen LogP contribution is -2.48. The van der Waals surface area contributed by atoms with Crippen molar-refractivity contribution in [1.82, 2.24) is 9.88 Å². The Morgan fingerprint density at radius 1 is 1.08 bits per heavy atom. The molecule has 3 aliphatic rings. The molecule has 0 aromatic carbocycles. The Morgan fingerprint density at radius 2 is 1.88 bits per heavy atom. The number of anilines is 1. The van der Waals surface area contributed by atoms with Crippen molar-refractivity contribution in [1.29, 1.82) is 5.26 Å². The Kier molecular flexibility index (Phi) is 5.10. The van der Waals surface area contributed by atoms with Crippen molar-refractivity contribution in [2.24, 2.45) is 11.8 Å². The van der Waals surface area contributed by atoms with Crippen LogP contribution in [0.3, 0.4) is 0 Å². The lowest BCUT2D eigenvalue weighted by Gasteiger charge is -2.41. The zero-order valence-electron chi connectivity index (χ0n) is 15.4. The lowest BCUT2D eigenvalue weighted by atomic mass is 9.86. The molecule has 138 valence electrons. The van der Waals surface area contributed by atoms with Gasteiger partial charge >= 0.3 is 0 Å². The summed E-state index contributed by atoms with van der Waals surface area (Å²) in [6.07, 6.45) is 10.9. The van der Waals surface area contributed by atoms with Crippen LogP contribution in [0.2, 0.25) is 0 Å². The first kappa shape index (κ1) is 17.3. The molecule has 3 fully saturated rings. The monoisotopic (exact) mass is 352 g/mol. The number of hydrogen-bond acceptors (Lipinski definition) is 4. The predicted molar refractivity (Wildman–Crippen MR) is 101 cm³/mol. The van der Waals surface area contributed by atoms with E-state index in [1.807, 2.05) is 12.1 Å². The van der Waals surface area contributed by atoms with Crippen LogP contribution < -0.4 is 4.90 Å². The minimum atomic E-state index is 0.322. The lowest BCUT2D eigenvalue weighted by molar-refractivity contribution is -0.136. The van der Waals surface area contributed by atoms with E-state index in [-0.39, 0.29) is 0 Å². The van der Waals surface area contributed by atoms with Crippen LogP contribution in [0.25, 0.3) is 0 Å². The van der Waals surface area contributed by atoms with E-state index in [2.05, 4.69) is 20.9 Å². The molecule has 0 unspecified atom stereocenters. The smallest absolute Gasteiger partial charge is 0.225 e. The van der Waals surface area contributed by atoms with Gasteiger partial charge in [0.15, 0.2) is 0 Å². The molecular weight excluding hydrogens is 324 g/mol. The van der Waals surface area contributed by atoms with E-state index in [9.17, 15) is 10.1 Å². The average molecular weight is 352 g/mol. The minimum Gasteiger partial charge on any atom is -0.356 e. The number of aromatic nitrogens is 1. The minimum absolute atomic E-state index is 0.322. The molecule has 1 aromatic heterocycles. The first-order valence-corrected chi connectivity index (χ1v) is 10.2. The molecule has 1 aliphatic carbocycles. The number of pyridine rings is 1. The van der Waals surface area contributed by atoms with Crippen LogP contribution in [0.5, 0.6) is 0 Å². The van der Waals surface area contributed by atoms with Gasteiger partial charge in [0.1, 0.15) is 11.9 Å². The van der Waals surface area contributed by atoms with Gasteiger partial charge in [-0.1, -0.05) is 12.8 Å². The van der Waals surface area contributed by atoms with Crippen molar-refractivity contribution in [3.8, 4) is 6.07 Å². The molecule has 1 amide bonds. The van der Waals surface area contributed by atoms with Gasteiger partial charge in [0, 0.05) is 37.8 Å². The molecular formula is C21H28N4O. The Labute approximate surface area is 156 Å². The normalized spacial score (nSPS) is 24.8. The first-order valence-electron chi connectivity index (χ1n) is 10.2. The highest BCUT2D eigenvalue weighted by Crippen LogP contribution is 2.37. The van der Waals surface area contributed by atoms with Crippen molar-refractivity contribution < 1.29 is 4.79 Å². The number of piperidine rings is 1. The quantitative estimate of drug-likeness (QED) is 0.837. The highest BCUT2D eigenvalue weighted by Gasteiger charge is 2.39. The maximum atomic E-state index is 12.8. The van der Waals surface area contributed by atoms with Crippen LogP contribution in [0.4, 0.5) is 5.82 Å². The van der Waals surface area contributed by atoms with Crippen LogP contribution in [0, 0.1) is 23.2 Å². The van der Waals surface area contributed by atoms with Gasteiger partial charge in [-0.3, -0.25) is 4.79 Å². The molecule has 3 heterocycles. The fraction of sp³-hybridized carbons (Fsp3) is 0.667. The van der Waals surface area contributed by atoms with Crippen molar-refractivity contribution in [2.45, 2.75) is 57.4 Å². The summed E-state index contributed by atoms with van der Waals surface area (Å²) in [5.41, 5.74) is 0.658. The van der Waals surface area contributed by atoms with Crippen LogP contribution >= 0.6 is 0 Å². The second-order valence-electron chi connectivity index (χ2n) is 8.03. The van der Waals surface area contributed by atoms with Gasteiger partial charge in [-0.15, -0.1) is 0 Å². The van der Waals surface area contributed by atoms with Gasteiger partial charge in [-0.05, 0) is 56.6 Å². The van der Waals surface area contributed by atoms with Crippen LogP contribution in [-0.2, 0) is 4.79 Å². The number of nitrogens with zero attached hydrogens (tertiary/aromatic N) is 4. The molecule has 0 bridgehead atoms. The molecule has 5 heteroatoms. The van der Waals surface area contributed by atoms with Gasteiger partial charge in [0.05, 0.1) is 5.56 Å². The fourth-order valence-electron chi connectivity index (χ4n) is 4.69. The SMILES string of the molecule is N#Cc1cccnc1N1CCC([C@H]2CCCCCN2C(=O)C2CC2)CC1. The molecule has 1 atom stereocenters. The predicted octanol–water partition coefficient (Wildman–Crippen LogP) is 3.35. The maximum absolute atomic E-state index is 12.8. The Morgan fingerprint density at radius 3 is 2.62 bits per heavy atom. The molecule has 5 nitrogen and oxygen atoms in total. The molecule has 0 spiro atoms. The number of carbonyl (C=O) groups is 1. The molecule has 2 aliphatic heterocycles. The highest BCUT2D eigenvalue weighted by atomic mass is 16.2. The summed E-state index contributed by atoms with van der Waals surface area (Å²) in [6.45, 7) is 2.82. The third-order valence-corrected chi connectivity index (χ3v) is 6.30. The third kappa shape index (κ3) is 3.56. The topological polar surface area (TPSA) is 60.2 Å². The fourth-order valence-corrected chi connectivity index (χ4v) is 4.69. The number of rotatable bonds is 3. The Balaban J connectivity index is 1.44. The summed E-state index contributed by atoms with van der Waals surface area (Å²) in [7, 11) is 0. The van der Waals surface area contributed by atoms with E-state index in [1.165, 1.54) is 12.8 Å². The molecule has 26 heavy (non-hydrogen) atoms. The van der Waals surface area contributed by atoms with E-state index < -0.39 is 0 Å². The van der Waals surface area contributed by atoms with E-state index in [1.54, 1.807) is 6.20 Å². The number of nitriles is 1. The number of hydrogen-bond donors (Lipinski definition) is 0. The van der Waals surface area contributed by atoms with Gasteiger partial charge in [0.2, 0.25) is 5.91 Å². The average Bonchev–Trinajstić information content (AvgIpc) is 3.54. The molecule has 4 rings (SSSR count). The summed E-state index contributed by atoms with van der Waals surface area (Å²) < 4.78 is 0. The molecule has 2 saturated heterocycles. The van der Waals surface area contributed by atoms with Gasteiger partial charge in [-0.25, -0.2) is 4.98 Å². The summed E-state index contributed by atoms with van der Waals surface area (Å²) in [6, 6.07) is 6.35. The highest BCUT2D eigenvalue weighted by molar-refractivity contribution is 5.81. The first-order chi connectivity index (χ1) is 12.8. The standard InChI is InChI=1S/C21H28N4O/c22-15-18-5-4-11-23-20(18)24-13-9-16(10-14-24)19-6-2-1-3-12-25(19)21(26)17-7-8-17/h4-5,11,16-17,19H,1-3,6-10,12-14H2/t19-/m1/s1. The second-order valence-corrected chi connectivity index (χ2v) is 8.03. The van der Waals surface area contributed by atoms with E-state index in [0.717, 1.165) is 64.0 Å². The third-order valence-electron chi connectivity index (χ3n) is 6.30. The maximum Gasteiger partial charge on any atom is 0.225 e. The zero-order valence-corrected chi connectivity index (χ0v) is 15.4. The van der Waals surface area contributed by atoms with Crippen molar-refractivity contribution in [3.05, 3.63) is 23.9 Å². The summed E-state index contributed by atoms with van der Waals surface area (Å²) in [4.78, 5) is 21.7.